The zero-order valence-electron chi connectivity index (χ0n) is 17.0. The second-order valence-electron chi connectivity index (χ2n) is 8.24. The third kappa shape index (κ3) is 3.41. The molecule has 1 aromatic heterocycles. The number of aliphatic imine (C=N–C) groups is 1. The highest BCUT2D eigenvalue weighted by Gasteiger charge is 2.58. The van der Waals surface area contributed by atoms with E-state index >= 15 is 0 Å². The summed E-state index contributed by atoms with van der Waals surface area (Å²) >= 11 is 0. The minimum absolute atomic E-state index is 0.131. The van der Waals surface area contributed by atoms with Crippen molar-refractivity contribution in [1.82, 2.24) is 20.2 Å². The maximum atomic E-state index is 6.02. The lowest BCUT2D eigenvalue weighted by Gasteiger charge is -2.60. The van der Waals surface area contributed by atoms with E-state index in [9.17, 15) is 0 Å². The third-order valence-electron chi connectivity index (χ3n) is 5.83. The molecule has 0 spiro atoms. The van der Waals surface area contributed by atoms with Gasteiger partial charge in [0.2, 0.25) is 5.95 Å². The van der Waals surface area contributed by atoms with Crippen molar-refractivity contribution in [3.63, 3.8) is 0 Å². The molecule has 7 nitrogen and oxygen atoms in total. The lowest BCUT2D eigenvalue weighted by Crippen LogP contribution is -2.71. The molecule has 1 saturated heterocycles. The van der Waals surface area contributed by atoms with Gasteiger partial charge in [-0.3, -0.25) is 0 Å². The van der Waals surface area contributed by atoms with Crippen LogP contribution in [0, 0.1) is 11.3 Å². The van der Waals surface area contributed by atoms with E-state index in [0.717, 1.165) is 37.2 Å². The number of rotatable bonds is 5. The summed E-state index contributed by atoms with van der Waals surface area (Å²) in [5, 5.41) is 7.07. The molecular formula is C19H34N6O. The molecule has 1 aromatic rings. The van der Waals surface area contributed by atoms with E-state index in [-0.39, 0.29) is 5.41 Å². The second-order valence-corrected chi connectivity index (χ2v) is 8.24. The average molecular weight is 363 g/mol. The van der Waals surface area contributed by atoms with E-state index in [1.165, 1.54) is 6.42 Å². The SMILES string of the molecule is CCNC(=NCc1cnc(N(C)C)n1C)NC1C2CCCOC2C1(C)C. The number of anilines is 1. The smallest absolute Gasteiger partial charge is 0.204 e. The first kappa shape index (κ1) is 19.0. The Morgan fingerprint density at radius 3 is 2.88 bits per heavy atom. The molecule has 2 fully saturated rings. The third-order valence-corrected chi connectivity index (χ3v) is 5.83. The van der Waals surface area contributed by atoms with E-state index in [1.54, 1.807) is 0 Å². The van der Waals surface area contributed by atoms with Gasteiger partial charge in [0.05, 0.1) is 24.5 Å². The summed E-state index contributed by atoms with van der Waals surface area (Å²) in [6.07, 6.45) is 4.67. The molecule has 0 aromatic carbocycles. The predicted octanol–water partition coefficient (Wildman–Crippen LogP) is 1.74. The summed E-state index contributed by atoms with van der Waals surface area (Å²) in [4.78, 5) is 11.3. The summed E-state index contributed by atoms with van der Waals surface area (Å²) < 4.78 is 8.11. The Morgan fingerprint density at radius 1 is 1.46 bits per heavy atom. The van der Waals surface area contributed by atoms with Crippen molar-refractivity contribution >= 4 is 11.9 Å². The summed E-state index contributed by atoms with van der Waals surface area (Å²) in [7, 11) is 6.04. The standard InChI is InChI=1S/C19H34N6O/c1-7-20-17(21-11-13-12-22-18(24(4)5)25(13)6)23-15-14-9-8-10-26-16(14)19(15,2)3/h12,14-16H,7-11H2,1-6H3,(H2,20,21,23). The normalized spacial score (nSPS) is 27.5. The van der Waals surface area contributed by atoms with Gasteiger partial charge in [-0.2, -0.15) is 0 Å². The van der Waals surface area contributed by atoms with Crippen LogP contribution in [0.1, 0.15) is 39.3 Å². The number of ether oxygens (including phenoxy) is 1. The van der Waals surface area contributed by atoms with Crippen LogP contribution >= 0.6 is 0 Å². The maximum Gasteiger partial charge on any atom is 0.204 e. The summed E-state index contributed by atoms with van der Waals surface area (Å²) in [5.74, 6) is 2.40. The molecule has 0 bridgehead atoms. The number of hydrogen-bond acceptors (Lipinski definition) is 4. The first-order chi connectivity index (χ1) is 12.4. The van der Waals surface area contributed by atoms with Crippen molar-refractivity contribution in [3.8, 4) is 0 Å². The number of fused-ring (bicyclic) bond motifs is 1. The van der Waals surface area contributed by atoms with Gasteiger partial charge in [0, 0.05) is 51.7 Å². The molecule has 2 aliphatic rings. The zero-order valence-corrected chi connectivity index (χ0v) is 17.0. The molecule has 3 rings (SSSR count). The highest BCUT2D eigenvalue weighted by molar-refractivity contribution is 5.80. The minimum atomic E-state index is 0.131. The van der Waals surface area contributed by atoms with Gasteiger partial charge in [0.15, 0.2) is 5.96 Å². The Bertz CT molecular complexity index is 650. The van der Waals surface area contributed by atoms with Crippen LogP contribution in [0.4, 0.5) is 5.95 Å². The average Bonchev–Trinajstić information content (AvgIpc) is 2.98. The Morgan fingerprint density at radius 2 is 2.23 bits per heavy atom. The lowest BCUT2D eigenvalue weighted by atomic mass is 9.55. The van der Waals surface area contributed by atoms with Gasteiger partial charge < -0.3 is 24.8 Å². The van der Waals surface area contributed by atoms with E-state index in [1.807, 2.05) is 32.2 Å². The zero-order chi connectivity index (χ0) is 18.9. The predicted molar refractivity (Wildman–Crippen MR) is 106 cm³/mol. The maximum absolute atomic E-state index is 6.02. The molecule has 3 unspecified atom stereocenters. The molecule has 1 aliphatic heterocycles. The van der Waals surface area contributed by atoms with Crippen LogP contribution in [0.15, 0.2) is 11.2 Å². The van der Waals surface area contributed by atoms with Crippen molar-refractivity contribution in [2.45, 2.75) is 52.3 Å². The number of nitrogens with one attached hydrogen (secondary N) is 2. The Kier molecular flexibility index (Phi) is 5.46. The van der Waals surface area contributed by atoms with Crippen molar-refractivity contribution in [2.24, 2.45) is 23.4 Å². The van der Waals surface area contributed by atoms with Gasteiger partial charge >= 0.3 is 0 Å². The molecule has 3 atom stereocenters. The van der Waals surface area contributed by atoms with Crippen LogP contribution in [0.2, 0.25) is 0 Å². The summed E-state index contributed by atoms with van der Waals surface area (Å²) in [6.45, 7) is 9.04. The van der Waals surface area contributed by atoms with E-state index in [4.69, 9.17) is 9.73 Å². The van der Waals surface area contributed by atoms with Crippen LogP contribution in [-0.2, 0) is 18.3 Å². The van der Waals surface area contributed by atoms with E-state index in [0.29, 0.717) is 24.6 Å². The van der Waals surface area contributed by atoms with Crippen molar-refractivity contribution < 1.29 is 4.74 Å². The van der Waals surface area contributed by atoms with Crippen LogP contribution in [0.5, 0.6) is 0 Å². The monoisotopic (exact) mass is 362 g/mol. The van der Waals surface area contributed by atoms with E-state index < -0.39 is 0 Å². The molecule has 26 heavy (non-hydrogen) atoms. The Labute approximate surface area is 157 Å². The van der Waals surface area contributed by atoms with Crippen LogP contribution in [-0.4, -0.2) is 54.9 Å². The Balaban J connectivity index is 1.70. The van der Waals surface area contributed by atoms with Crippen molar-refractivity contribution in [1.29, 1.82) is 0 Å². The second kappa shape index (κ2) is 7.47. The highest BCUT2D eigenvalue weighted by Crippen LogP contribution is 2.51. The van der Waals surface area contributed by atoms with E-state index in [2.05, 4.69) is 41.0 Å². The fourth-order valence-electron chi connectivity index (χ4n) is 4.44. The minimum Gasteiger partial charge on any atom is -0.377 e. The first-order valence-corrected chi connectivity index (χ1v) is 9.70. The topological polar surface area (TPSA) is 66.7 Å². The van der Waals surface area contributed by atoms with Crippen molar-refractivity contribution in [2.75, 3.05) is 32.1 Å². The molecule has 1 saturated carbocycles. The Hall–Kier alpha value is -1.76. The lowest BCUT2D eigenvalue weighted by molar-refractivity contribution is -0.188. The molecule has 0 amide bonds. The molecule has 0 radical (unpaired) electrons. The molecule has 7 heteroatoms. The fourth-order valence-corrected chi connectivity index (χ4v) is 4.44. The van der Waals surface area contributed by atoms with Crippen LogP contribution < -0.4 is 15.5 Å². The van der Waals surface area contributed by atoms with Crippen LogP contribution in [0.3, 0.4) is 0 Å². The summed E-state index contributed by atoms with van der Waals surface area (Å²) in [6, 6.07) is 0.398. The van der Waals surface area contributed by atoms with Gasteiger partial charge in [-0.15, -0.1) is 0 Å². The molecule has 146 valence electrons. The number of guanidine groups is 1. The van der Waals surface area contributed by atoms with Gasteiger partial charge in [-0.05, 0) is 19.8 Å². The first-order valence-electron chi connectivity index (χ1n) is 9.70. The summed E-state index contributed by atoms with van der Waals surface area (Å²) in [5.41, 5.74) is 1.23. The number of nitrogens with zero attached hydrogens (tertiary/aromatic N) is 4. The molecule has 2 N–H and O–H groups in total. The fraction of sp³-hybridized carbons (Fsp3) is 0.789. The number of aromatic nitrogens is 2. The molecular weight excluding hydrogens is 328 g/mol. The molecule has 1 aliphatic carbocycles. The van der Waals surface area contributed by atoms with Gasteiger partial charge in [-0.1, -0.05) is 13.8 Å². The van der Waals surface area contributed by atoms with Gasteiger partial charge in [-0.25, -0.2) is 9.98 Å². The van der Waals surface area contributed by atoms with Gasteiger partial charge in [0.1, 0.15) is 0 Å². The number of hydrogen-bond donors (Lipinski definition) is 2. The van der Waals surface area contributed by atoms with Gasteiger partial charge in [0.25, 0.3) is 0 Å². The quantitative estimate of drug-likeness (QED) is 0.617. The van der Waals surface area contributed by atoms with Crippen molar-refractivity contribution in [3.05, 3.63) is 11.9 Å². The number of imidazole rings is 1. The van der Waals surface area contributed by atoms with Crippen LogP contribution in [0.25, 0.3) is 0 Å². The highest BCUT2D eigenvalue weighted by atomic mass is 16.5. The largest absolute Gasteiger partial charge is 0.377 e. The molecule has 2 heterocycles.